The lowest BCUT2D eigenvalue weighted by molar-refractivity contribution is -0.123. The number of fused-ring (bicyclic) bond motifs is 6. The highest BCUT2D eigenvalue weighted by atomic mass is 16.5. The number of hydrogen-bond acceptors (Lipinski definition) is 6. The highest BCUT2D eigenvalue weighted by Crippen LogP contribution is 2.56. The van der Waals surface area contributed by atoms with Gasteiger partial charge in [-0.15, -0.1) is 0 Å². The maximum Gasteiger partial charge on any atom is 0.339 e. The van der Waals surface area contributed by atoms with E-state index in [9.17, 15) is 19.2 Å². The van der Waals surface area contributed by atoms with Gasteiger partial charge in [0.2, 0.25) is 17.6 Å². The van der Waals surface area contributed by atoms with Crippen molar-refractivity contribution in [1.29, 1.82) is 0 Å². The van der Waals surface area contributed by atoms with E-state index in [-0.39, 0.29) is 29.4 Å². The Morgan fingerprint density at radius 1 is 0.881 bits per heavy atom. The van der Waals surface area contributed by atoms with Crippen LogP contribution in [0.15, 0.2) is 78.9 Å². The zero-order valence-corrected chi connectivity index (χ0v) is 23.4. The van der Waals surface area contributed by atoms with Crippen LogP contribution in [0.25, 0.3) is 22.2 Å². The fraction of sp³-hybridized carbons (Fsp3) is 0.286. The number of pyridine rings is 1. The minimum Gasteiger partial charge on any atom is -0.451 e. The molecule has 3 aliphatic rings. The Morgan fingerprint density at radius 3 is 2.19 bits per heavy atom. The molecule has 1 saturated heterocycles. The summed E-state index contributed by atoms with van der Waals surface area (Å²) in [5.41, 5.74) is 4.25. The van der Waals surface area contributed by atoms with Gasteiger partial charge in [-0.3, -0.25) is 19.3 Å². The lowest BCUT2D eigenvalue weighted by atomic mass is 9.81. The third-order valence-electron chi connectivity index (χ3n) is 9.27. The monoisotopic (exact) mass is 558 g/mol. The number of aromatic nitrogens is 1. The second-order valence-electron chi connectivity index (χ2n) is 11.8. The standard InChI is InChI=1S/C35H30N2O5/c1-19-7-9-22(10-8-19)32(38)20(2)42-35(41)27-18-29(36-28-6-4-3-5-26(27)28)21-13-15-25(16-14-21)37-33(39)30-23-11-12-24(17-23)31(30)34(37)40/h3-10,13-16,18,20,23-24,30-31H,11-12,17H2,1-2H3/t20-,23-,24+,30-,31+/m1/s1. The molecule has 2 saturated carbocycles. The number of amides is 2. The second kappa shape index (κ2) is 10.0. The number of ether oxygens (including phenoxy) is 1. The Labute approximate surface area is 243 Å². The first-order valence-corrected chi connectivity index (χ1v) is 14.5. The van der Waals surface area contributed by atoms with Crippen LogP contribution in [0.2, 0.25) is 0 Å². The molecule has 42 heavy (non-hydrogen) atoms. The van der Waals surface area contributed by atoms with Crippen molar-refractivity contribution in [3.05, 3.63) is 95.6 Å². The van der Waals surface area contributed by atoms with Crippen LogP contribution >= 0.6 is 0 Å². The van der Waals surface area contributed by atoms with Gasteiger partial charge in [0.1, 0.15) is 0 Å². The van der Waals surface area contributed by atoms with Crippen LogP contribution in [0, 0.1) is 30.6 Å². The van der Waals surface area contributed by atoms with Gasteiger partial charge >= 0.3 is 5.97 Å². The third-order valence-corrected chi connectivity index (χ3v) is 9.27. The van der Waals surface area contributed by atoms with Gasteiger partial charge in [0, 0.05) is 16.5 Å². The Hall–Kier alpha value is -4.65. The summed E-state index contributed by atoms with van der Waals surface area (Å²) in [6, 6.07) is 23.3. The molecule has 0 radical (unpaired) electrons. The zero-order chi connectivity index (χ0) is 29.1. The fourth-order valence-corrected chi connectivity index (χ4v) is 7.17. The number of para-hydroxylation sites is 1. The van der Waals surface area contributed by atoms with Crippen molar-refractivity contribution >= 4 is 40.2 Å². The van der Waals surface area contributed by atoms with Gasteiger partial charge in [0.05, 0.1) is 34.3 Å². The number of ketones is 1. The number of imide groups is 1. The summed E-state index contributed by atoms with van der Waals surface area (Å²) in [6.07, 6.45) is 2.10. The number of esters is 1. The highest BCUT2D eigenvalue weighted by molar-refractivity contribution is 6.22. The quantitative estimate of drug-likeness (QED) is 0.160. The number of rotatable bonds is 6. The van der Waals surface area contributed by atoms with E-state index in [4.69, 9.17) is 9.72 Å². The fourth-order valence-electron chi connectivity index (χ4n) is 7.17. The number of carbonyl (C=O) groups excluding carboxylic acids is 4. The van der Waals surface area contributed by atoms with Crippen molar-refractivity contribution < 1.29 is 23.9 Å². The number of nitrogens with zero attached hydrogens (tertiary/aromatic N) is 2. The van der Waals surface area contributed by atoms with Gasteiger partial charge in [-0.05, 0) is 69.2 Å². The van der Waals surface area contributed by atoms with E-state index in [1.54, 1.807) is 43.3 Å². The first-order chi connectivity index (χ1) is 20.3. The molecular formula is C35H30N2O5. The van der Waals surface area contributed by atoms with Gasteiger partial charge in [-0.2, -0.15) is 0 Å². The molecule has 5 atom stereocenters. The minimum absolute atomic E-state index is 0.0758. The molecule has 0 N–H and O–H groups in total. The van der Waals surface area contributed by atoms with Gasteiger partial charge < -0.3 is 4.74 Å². The normalized spacial score (nSPS) is 23.3. The van der Waals surface area contributed by atoms with Crippen LogP contribution in [-0.4, -0.2) is 34.7 Å². The van der Waals surface area contributed by atoms with E-state index in [1.165, 1.54) is 4.90 Å². The van der Waals surface area contributed by atoms with Crippen LogP contribution < -0.4 is 4.90 Å². The van der Waals surface area contributed by atoms with E-state index in [2.05, 4.69) is 0 Å². The molecule has 1 aromatic heterocycles. The van der Waals surface area contributed by atoms with Crippen molar-refractivity contribution in [2.75, 3.05) is 4.90 Å². The van der Waals surface area contributed by atoms with E-state index in [0.29, 0.717) is 45.2 Å². The minimum atomic E-state index is -0.972. The van der Waals surface area contributed by atoms with E-state index < -0.39 is 12.1 Å². The predicted octanol–water partition coefficient (Wildman–Crippen LogP) is 6.17. The van der Waals surface area contributed by atoms with Gasteiger partial charge in [0.25, 0.3) is 0 Å². The first kappa shape index (κ1) is 26.3. The number of hydrogen-bond donors (Lipinski definition) is 0. The predicted molar refractivity (Wildman–Crippen MR) is 158 cm³/mol. The third kappa shape index (κ3) is 4.23. The highest BCUT2D eigenvalue weighted by Gasteiger charge is 2.61. The van der Waals surface area contributed by atoms with E-state index in [0.717, 1.165) is 30.4 Å². The Bertz CT molecular complexity index is 1730. The molecule has 7 rings (SSSR count). The van der Waals surface area contributed by atoms with Crippen LogP contribution in [-0.2, 0) is 14.3 Å². The molecule has 7 heteroatoms. The van der Waals surface area contributed by atoms with Crippen molar-refractivity contribution in [2.24, 2.45) is 23.7 Å². The number of Topliss-reactive ketones (excluding diaryl/α,β-unsaturated/α-hetero) is 1. The molecule has 1 aliphatic heterocycles. The largest absolute Gasteiger partial charge is 0.451 e. The second-order valence-corrected chi connectivity index (χ2v) is 11.8. The molecule has 210 valence electrons. The summed E-state index contributed by atoms with van der Waals surface area (Å²) >= 11 is 0. The van der Waals surface area contributed by atoms with Crippen LogP contribution in [0.5, 0.6) is 0 Å². The Balaban J connectivity index is 1.16. The van der Waals surface area contributed by atoms with Crippen molar-refractivity contribution in [2.45, 2.75) is 39.2 Å². The number of aryl methyl sites for hydroxylation is 1. The van der Waals surface area contributed by atoms with E-state index in [1.807, 2.05) is 49.4 Å². The smallest absolute Gasteiger partial charge is 0.339 e. The first-order valence-electron chi connectivity index (χ1n) is 14.5. The lowest BCUT2D eigenvalue weighted by Gasteiger charge is -2.19. The summed E-state index contributed by atoms with van der Waals surface area (Å²) in [5, 5.41) is 0.618. The Kier molecular flexibility index (Phi) is 6.26. The van der Waals surface area contributed by atoms with Crippen LogP contribution in [0.3, 0.4) is 0 Å². The van der Waals surface area contributed by atoms with Crippen LogP contribution in [0.1, 0.15) is 52.5 Å². The number of carbonyl (C=O) groups is 4. The molecule has 2 heterocycles. The van der Waals surface area contributed by atoms with Gasteiger partial charge in [0.15, 0.2) is 6.10 Å². The number of anilines is 1. The maximum absolute atomic E-state index is 13.4. The SMILES string of the molecule is Cc1ccc(C(=O)[C@@H](C)OC(=O)c2cc(-c3ccc(N4C(=O)[C@@H]5[C@@H]6CC[C@@H](C6)[C@@H]5C4=O)cc3)nc3ccccc23)cc1. The summed E-state index contributed by atoms with van der Waals surface area (Å²) in [7, 11) is 0. The summed E-state index contributed by atoms with van der Waals surface area (Å²) in [6.45, 7) is 3.51. The lowest BCUT2D eigenvalue weighted by Crippen LogP contribution is -2.32. The molecule has 3 aromatic carbocycles. The zero-order valence-electron chi connectivity index (χ0n) is 23.4. The van der Waals surface area contributed by atoms with E-state index >= 15 is 0 Å². The molecule has 0 unspecified atom stereocenters. The number of benzene rings is 3. The molecule has 0 spiro atoms. The molecule has 4 aromatic rings. The molecular weight excluding hydrogens is 528 g/mol. The van der Waals surface area contributed by atoms with Crippen LogP contribution in [0.4, 0.5) is 5.69 Å². The van der Waals surface area contributed by atoms with Gasteiger partial charge in [-0.25, -0.2) is 9.78 Å². The summed E-state index contributed by atoms with van der Waals surface area (Å²) in [5.74, 6) is -0.735. The topological polar surface area (TPSA) is 93.6 Å². The summed E-state index contributed by atoms with van der Waals surface area (Å²) < 4.78 is 5.65. The molecule has 2 aliphatic carbocycles. The van der Waals surface area contributed by atoms with Crippen molar-refractivity contribution in [3.63, 3.8) is 0 Å². The van der Waals surface area contributed by atoms with Crippen molar-refractivity contribution in [1.82, 2.24) is 4.98 Å². The van der Waals surface area contributed by atoms with Crippen molar-refractivity contribution in [3.8, 4) is 11.3 Å². The summed E-state index contributed by atoms with van der Waals surface area (Å²) in [4.78, 5) is 59.0. The average Bonchev–Trinajstić information content (AvgIpc) is 3.70. The molecule has 2 amide bonds. The molecule has 3 fully saturated rings. The van der Waals surface area contributed by atoms with Gasteiger partial charge in [-0.1, -0.05) is 60.2 Å². The Morgan fingerprint density at radius 2 is 1.52 bits per heavy atom. The average molecular weight is 559 g/mol. The molecule has 7 nitrogen and oxygen atoms in total. The molecule has 2 bridgehead atoms. The maximum atomic E-state index is 13.4.